The molecule has 0 saturated carbocycles. The van der Waals surface area contributed by atoms with Crippen LogP contribution in [0.1, 0.15) is 21.9 Å². The predicted molar refractivity (Wildman–Crippen MR) is 54.2 cm³/mol. The van der Waals surface area contributed by atoms with Gasteiger partial charge in [0.15, 0.2) is 11.6 Å². The van der Waals surface area contributed by atoms with Crippen molar-refractivity contribution in [2.24, 2.45) is 5.73 Å². The van der Waals surface area contributed by atoms with Crippen LogP contribution in [0.2, 0.25) is 0 Å². The molecule has 0 atom stereocenters. The molecule has 4 nitrogen and oxygen atoms in total. The number of carbonyl (C=O) groups excluding carboxylic acids is 1. The molecule has 0 bridgehead atoms. The monoisotopic (exact) mass is 238 g/mol. The number of aromatic nitrogens is 1. The minimum atomic E-state index is -0.723. The maximum Gasteiger partial charge on any atom is 0.270 e. The molecule has 0 saturated heterocycles. The Bertz CT molecular complexity index is 566. The van der Waals surface area contributed by atoms with E-state index in [1.54, 1.807) is 0 Å². The molecule has 1 aromatic heterocycles. The topological polar surface area (TPSA) is 69.1 Å². The van der Waals surface area contributed by atoms with Gasteiger partial charge < -0.3 is 10.2 Å². The molecule has 0 aliphatic rings. The number of nitrogens with two attached hydrogens (primary N) is 1. The van der Waals surface area contributed by atoms with Crippen molar-refractivity contribution >= 4 is 5.91 Å². The highest BCUT2D eigenvalue weighted by atomic mass is 19.1. The summed E-state index contributed by atoms with van der Waals surface area (Å²) in [5, 5.41) is 0. The summed E-state index contributed by atoms with van der Waals surface area (Å²) in [6.07, 6.45) is 1.12. The van der Waals surface area contributed by atoms with Crippen LogP contribution in [0.15, 0.2) is 28.9 Å². The van der Waals surface area contributed by atoms with Crippen molar-refractivity contribution in [3.05, 3.63) is 53.2 Å². The lowest BCUT2D eigenvalue weighted by atomic mass is 10.1. The first kappa shape index (κ1) is 11.3. The molecule has 0 fully saturated rings. The second-order valence-corrected chi connectivity index (χ2v) is 3.40. The van der Waals surface area contributed by atoms with E-state index in [2.05, 4.69) is 4.98 Å². The highest BCUT2D eigenvalue weighted by molar-refractivity contribution is 5.90. The normalized spacial score (nSPS) is 10.5. The molecular weight excluding hydrogens is 230 g/mol. The Labute approximate surface area is 95.1 Å². The van der Waals surface area contributed by atoms with Gasteiger partial charge >= 0.3 is 0 Å². The summed E-state index contributed by atoms with van der Waals surface area (Å²) in [4.78, 5) is 14.5. The van der Waals surface area contributed by atoms with Gasteiger partial charge in [-0.15, -0.1) is 0 Å². The first-order chi connectivity index (χ1) is 8.06. The number of rotatable bonds is 3. The molecule has 88 valence electrons. The molecule has 2 rings (SSSR count). The lowest BCUT2D eigenvalue weighted by Crippen LogP contribution is -2.11. The summed E-state index contributed by atoms with van der Waals surface area (Å²) < 4.78 is 30.9. The summed E-state index contributed by atoms with van der Waals surface area (Å²) in [6, 6.07) is 3.20. The van der Waals surface area contributed by atoms with Crippen molar-refractivity contribution in [1.29, 1.82) is 0 Å². The molecule has 1 amide bonds. The number of nitrogens with zero attached hydrogens (tertiary/aromatic N) is 1. The highest BCUT2D eigenvalue weighted by Crippen LogP contribution is 2.14. The van der Waals surface area contributed by atoms with Crippen LogP contribution < -0.4 is 5.73 Å². The van der Waals surface area contributed by atoms with E-state index in [-0.39, 0.29) is 23.6 Å². The first-order valence-corrected chi connectivity index (χ1v) is 4.74. The van der Waals surface area contributed by atoms with Crippen molar-refractivity contribution < 1.29 is 18.0 Å². The highest BCUT2D eigenvalue weighted by Gasteiger charge is 2.11. The number of primary amides is 1. The van der Waals surface area contributed by atoms with Gasteiger partial charge in [-0.25, -0.2) is 13.8 Å². The SMILES string of the molecule is NC(=O)c1coc(Cc2ccc(F)cc2F)n1. The zero-order valence-electron chi connectivity index (χ0n) is 8.61. The van der Waals surface area contributed by atoms with Gasteiger partial charge in [-0.1, -0.05) is 6.07 Å². The molecule has 17 heavy (non-hydrogen) atoms. The molecule has 0 aliphatic carbocycles. The van der Waals surface area contributed by atoms with E-state index in [9.17, 15) is 13.6 Å². The first-order valence-electron chi connectivity index (χ1n) is 4.74. The molecule has 0 spiro atoms. The average molecular weight is 238 g/mol. The summed E-state index contributed by atoms with van der Waals surface area (Å²) in [5.41, 5.74) is 5.19. The van der Waals surface area contributed by atoms with Crippen LogP contribution in [-0.2, 0) is 6.42 Å². The number of benzene rings is 1. The fraction of sp³-hybridized carbons (Fsp3) is 0.0909. The van der Waals surface area contributed by atoms with Gasteiger partial charge in [0.2, 0.25) is 0 Å². The molecule has 2 N–H and O–H groups in total. The van der Waals surface area contributed by atoms with Gasteiger partial charge in [-0.3, -0.25) is 4.79 Å². The van der Waals surface area contributed by atoms with E-state index in [4.69, 9.17) is 10.2 Å². The molecule has 1 aromatic carbocycles. The third-order valence-corrected chi connectivity index (χ3v) is 2.16. The minimum absolute atomic E-state index is 0.0254. The van der Waals surface area contributed by atoms with E-state index in [0.29, 0.717) is 0 Å². The predicted octanol–water partition coefficient (Wildman–Crippen LogP) is 1.64. The average Bonchev–Trinajstić information content (AvgIpc) is 2.71. The second kappa shape index (κ2) is 4.32. The van der Waals surface area contributed by atoms with Crippen LogP contribution in [0.5, 0.6) is 0 Å². The van der Waals surface area contributed by atoms with E-state index >= 15 is 0 Å². The van der Waals surface area contributed by atoms with E-state index in [1.165, 1.54) is 6.07 Å². The van der Waals surface area contributed by atoms with Gasteiger partial charge in [0, 0.05) is 6.07 Å². The van der Waals surface area contributed by atoms with E-state index < -0.39 is 17.5 Å². The number of hydrogen-bond acceptors (Lipinski definition) is 3. The Morgan fingerprint density at radius 1 is 1.41 bits per heavy atom. The lowest BCUT2D eigenvalue weighted by Gasteiger charge is -1.99. The molecule has 0 aliphatic heterocycles. The van der Waals surface area contributed by atoms with Crippen LogP contribution >= 0.6 is 0 Å². The van der Waals surface area contributed by atoms with Crippen LogP contribution in [0.3, 0.4) is 0 Å². The maximum atomic E-state index is 13.3. The lowest BCUT2D eigenvalue weighted by molar-refractivity contribution is 0.0995. The Balaban J connectivity index is 2.22. The van der Waals surface area contributed by atoms with Gasteiger partial charge in [-0.2, -0.15) is 0 Å². The number of hydrogen-bond donors (Lipinski definition) is 1. The summed E-state index contributed by atoms with van der Waals surface area (Å²) >= 11 is 0. The van der Waals surface area contributed by atoms with E-state index in [1.807, 2.05) is 0 Å². The zero-order valence-corrected chi connectivity index (χ0v) is 8.61. The van der Waals surface area contributed by atoms with Gasteiger partial charge in [0.05, 0.1) is 6.42 Å². The summed E-state index contributed by atoms with van der Waals surface area (Å²) in [6.45, 7) is 0. The second-order valence-electron chi connectivity index (χ2n) is 3.40. The van der Waals surface area contributed by atoms with Crippen molar-refractivity contribution in [2.45, 2.75) is 6.42 Å². The molecule has 1 heterocycles. The third kappa shape index (κ3) is 2.47. The van der Waals surface area contributed by atoms with Crippen molar-refractivity contribution in [3.63, 3.8) is 0 Å². The van der Waals surface area contributed by atoms with E-state index in [0.717, 1.165) is 18.4 Å². The Morgan fingerprint density at radius 3 is 2.76 bits per heavy atom. The summed E-state index contributed by atoms with van der Waals surface area (Å²) in [5.74, 6) is -1.93. The zero-order chi connectivity index (χ0) is 12.4. The Hall–Kier alpha value is -2.24. The van der Waals surface area contributed by atoms with Crippen LogP contribution in [-0.4, -0.2) is 10.9 Å². The van der Waals surface area contributed by atoms with Crippen molar-refractivity contribution in [1.82, 2.24) is 4.98 Å². The van der Waals surface area contributed by atoms with Crippen LogP contribution in [0.4, 0.5) is 8.78 Å². The minimum Gasteiger partial charge on any atom is -0.448 e. The number of halogens is 2. The summed E-state index contributed by atoms with van der Waals surface area (Å²) in [7, 11) is 0. The molecule has 2 aromatic rings. The van der Waals surface area contributed by atoms with Crippen LogP contribution in [0.25, 0.3) is 0 Å². The fourth-order valence-corrected chi connectivity index (χ4v) is 1.33. The molecule has 0 unspecified atom stereocenters. The number of oxazole rings is 1. The quantitative estimate of drug-likeness (QED) is 0.883. The largest absolute Gasteiger partial charge is 0.448 e. The Morgan fingerprint density at radius 2 is 2.18 bits per heavy atom. The van der Waals surface area contributed by atoms with Crippen LogP contribution in [0, 0.1) is 11.6 Å². The van der Waals surface area contributed by atoms with Crippen molar-refractivity contribution in [2.75, 3.05) is 0 Å². The van der Waals surface area contributed by atoms with Gasteiger partial charge in [0.25, 0.3) is 5.91 Å². The van der Waals surface area contributed by atoms with Gasteiger partial charge in [-0.05, 0) is 11.6 Å². The maximum absolute atomic E-state index is 13.3. The molecular formula is C11H8F2N2O2. The van der Waals surface area contributed by atoms with Gasteiger partial charge in [0.1, 0.15) is 17.9 Å². The Kier molecular flexibility index (Phi) is 2.86. The molecule has 6 heteroatoms. The molecule has 0 radical (unpaired) electrons. The van der Waals surface area contributed by atoms with Crippen molar-refractivity contribution in [3.8, 4) is 0 Å². The number of amides is 1. The smallest absolute Gasteiger partial charge is 0.270 e. The number of carbonyl (C=O) groups is 1. The third-order valence-electron chi connectivity index (χ3n) is 2.16. The fourth-order valence-electron chi connectivity index (χ4n) is 1.33. The standard InChI is InChI=1S/C11H8F2N2O2/c12-7-2-1-6(8(13)4-7)3-10-15-9(5-17-10)11(14)16/h1-2,4-5H,3H2,(H2,14,16).